The number of aromatic nitrogens is 1. The Balaban J connectivity index is 1.23. The van der Waals surface area contributed by atoms with Crippen molar-refractivity contribution < 1.29 is 0 Å². The van der Waals surface area contributed by atoms with Crippen LogP contribution in [0, 0.1) is 5.41 Å². The van der Waals surface area contributed by atoms with Crippen LogP contribution in [0.2, 0.25) is 0 Å². The number of pyridine rings is 1. The molecule has 0 bridgehead atoms. The van der Waals surface area contributed by atoms with Gasteiger partial charge in [0.25, 0.3) is 0 Å². The molecular formula is C43H36N4. The monoisotopic (exact) mass is 608 g/mol. The van der Waals surface area contributed by atoms with Gasteiger partial charge in [0.2, 0.25) is 0 Å². The van der Waals surface area contributed by atoms with Gasteiger partial charge in [-0.1, -0.05) is 130 Å². The van der Waals surface area contributed by atoms with Crippen molar-refractivity contribution in [2.24, 2.45) is 5.10 Å². The minimum absolute atomic E-state index is 0.0205. The van der Waals surface area contributed by atoms with Gasteiger partial charge in [-0.3, -0.25) is 15.8 Å². The SMILES string of the molecule is CC(C)(C)c1ccc2c(c1)C(c1ccc(-c3ccc(-c4ccccc4)cc3)cc1)=C/C(=N/Nc1cccc(-c3cccnc3)c1)C2=N. The topological polar surface area (TPSA) is 61.1 Å². The molecule has 4 nitrogen and oxygen atoms in total. The van der Waals surface area contributed by atoms with E-state index in [0.717, 1.165) is 44.6 Å². The highest BCUT2D eigenvalue weighted by Gasteiger charge is 2.25. The minimum atomic E-state index is -0.0205. The van der Waals surface area contributed by atoms with Crippen LogP contribution in [-0.4, -0.2) is 16.4 Å². The van der Waals surface area contributed by atoms with E-state index in [1.807, 2.05) is 48.7 Å². The number of hydrogen-bond acceptors (Lipinski definition) is 4. The van der Waals surface area contributed by atoms with Gasteiger partial charge >= 0.3 is 0 Å². The second-order valence-electron chi connectivity index (χ2n) is 12.9. The maximum absolute atomic E-state index is 9.15. The Bertz CT molecular complexity index is 2120. The number of hydrogen-bond donors (Lipinski definition) is 2. The van der Waals surface area contributed by atoms with E-state index in [2.05, 4.69) is 128 Å². The fourth-order valence-corrected chi connectivity index (χ4v) is 5.96. The van der Waals surface area contributed by atoms with Crippen LogP contribution in [-0.2, 0) is 5.41 Å². The van der Waals surface area contributed by atoms with Gasteiger partial charge in [-0.15, -0.1) is 0 Å². The lowest BCUT2D eigenvalue weighted by molar-refractivity contribution is 0.590. The lowest BCUT2D eigenvalue weighted by Crippen LogP contribution is -2.22. The molecule has 228 valence electrons. The number of hydrazone groups is 1. The third kappa shape index (κ3) is 6.31. The fraction of sp³-hybridized carbons (Fsp3) is 0.0930. The second kappa shape index (κ2) is 12.5. The van der Waals surface area contributed by atoms with Gasteiger partial charge in [0.1, 0.15) is 5.71 Å². The van der Waals surface area contributed by atoms with E-state index in [1.165, 1.54) is 22.3 Å². The van der Waals surface area contributed by atoms with Crippen LogP contribution < -0.4 is 5.43 Å². The predicted octanol–water partition coefficient (Wildman–Crippen LogP) is 10.7. The third-order valence-electron chi connectivity index (χ3n) is 8.67. The summed E-state index contributed by atoms with van der Waals surface area (Å²) in [4.78, 5) is 4.25. The number of fused-ring (bicyclic) bond motifs is 1. The number of allylic oxidation sites excluding steroid dienone is 1. The molecular weight excluding hydrogens is 573 g/mol. The maximum atomic E-state index is 9.15. The van der Waals surface area contributed by atoms with Gasteiger partial charge in [-0.25, -0.2) is 0 Å². The average molecular weight is 609 g/mol. The molecule has 1 aromatic heterocycles. The number of nitrogens with zero attached hydrogens (tertiary/aromatic N) is 2. The Morgan fingerprint density at radius 2 is 1.19 bits per heavy atom. The Kier molecular flexibility index (Phi) is 7.93. The standard InChI is InChI=1S/C43H36N4/c1-43(2,3)36-22-23-38-40(26-36)39(27-41(42(38)44)47-46-37-13-7-11-34(25-37)35-12-8-24-45-28-35)33-20-18-32(19-21-33)31-16-14-30(15-17-31)29-9-5-4-6-10-29/h4-28,44,46H,1-3H3/b44-42?,47-41-. The highest BCUT2D eigenvalue weighted by molar-refractivity contribution is 6.54. The molecule has 0 saturated carbocycles. The molecule has 7 rings (SSSR count). The normalized spacial score (nSPS) is 13.6. The molecule has 0 saturated heterocycles. The summed E-state index contributed by atoms with van der Waals surface area (Å²) < 4.78 is 0. The number of benzene rings is 5. The van der Waals surface area contributed by atoms with Crippen molar-refractivity contribution in [2.75, 3.05) is 5.43 Å². The zero-order valence-corrected chi connectivity index (χ0v) is 26.8. The van der Waals surface area contributed by atoms with Crippen molar-refractivity contribution >= 4 is 22.7 Å². The van der Waals surface area contributed by atoms with Gasteiger partial charge < -0.3 is 0 Å². The van der Waals surface area contributed by atoms with E-state index in [4.69, 9.17) is 10.5 Å². The van der Waals surface area contributed by atoms with E-state index < -0.39 is 0 Å². The summed E-state index contributed by atoms with van der Waals surface area (Å²) in [7, 11) is 0. The van der Waals surface area contributed by atoms with Gasteiger partial charge in [-0.2, -0.15) is 5.10 Å². The van der Waals surface area contributed by atoms with E-state index in [9.17, 15) is 0 Å². The summed E-state index contributed by atoms with van der Waals surface area (Å²) >= 11 is 0. The van der Waals surface area contributed by atoms with Gasteiger partial charge in [0.15, 0.2) is 0 Å². The highest BCUT2D eigenvalue weighted by atomic mass is 15.3. The van der Waals surface area contributed by atoms with E-state index in [1.54, 1.807) is 6.20 Å². The Morgan fingerprint density at radius 3 is 1.83 bits per heavy atom. The first-order chi connectivity index (χ1) is 22.8. The number of nitrogens with one attached hydrogen (secondary N) is 2. The molecule has 0 fully saturated rings. The zero-order chi connectivity index (χ0) is 32.4. The molecule has 4 heteroatoms. The Labute approximate surface area is 276 Å². The van der Waals surface area contributed by atoms with Crippen LogP contribution in [0.15, 0.2) is 157 Å². The smallest absolute Gasteiger partial charge is 0.109 e. The quantitative estimate of drug-likeness (QED) is 0.185. The molecule has 6 aromatic rings. The van der Waals surface area contributed by atoms with Crippen molar-refractivity contribution in [3.05, 3.63) is 174 Å². The van der Waals surface area contributed by atoms with Crippen molar-refractivity contribution in [3.8, 4) is 33.4 Å². The molecule has 2 N–H and O–H groups in total. The number of rotatable bonds is 6. The molecule has 0 amide bonds. The molecule has 0 atom stereocenters. The van der Waals surface area contributed by atoms with E-state index in [-0.39, 0.29) is 5.41 Å². The summed E-state index contributed by atoms with van der Waals surface area (Å²) in [6.07, 6.45) is 5.67. The lowest BCUT2D eigenvalue weighted by atomic mass is 9.79. The minimum Gasteiger partial charge on any atom is -0.298 e. The molecule has 0 aliphatic heterocycles. The van der Waals surface area contributed by atoms with E-state index >= 15 is 0 Å². The molecule has 0 spiro atoms. The van der Waals surface area contributed by atoms with Gasteiger partial charge in [-0.05, 0) is 85.8 Å². The highest BCUT2D eigenvalue weighted by Crippen LogP contribution is 2.36. The predicted molar refractivity (Wildman–Crippen MR) is 197 cm³/mol. The van der Waals surface area contributed by atoms with Crippen LogP contribution in [0.1, 0.15) is 43.0 Å². The summed E-state index contributed by atoms with van der Waals surface area (Å²) in [5, 5.41) is 13.9. The molecule has 1 heterocycles. The third-order valence-corrected chi connectivity index (χ3v) is 8.67. The van der Waals surface area contributed by atoms with E-state index in [0.29, 0.717) is 11.4 Å². The van der Waals surface area contributed by atoms with Gasteiger partial charge in [0, 0.05) is 23.5 Å². The van der Waals surface area contributed by atoms with Crippen molar-refractivity contribution in [1.29, 1.82) is 5.41 Å². The molecule has 47 heavy (non-hydrogen) atoms. The van der Waals surface area contributed by atoms with Crippen LogP contribution >= 0.6 is 0 Å². The fourth-order valence-electron chi connectivity index (χ4n) is 5.96. The average Bonchev–Trinajstić information content (AvgIpc) is 3.12. The maximum Gasteiger partial charge on any atom is 0.109 e. The van der Waals surface area contributed by atoms with Crippen LogP contribution in [0.5, 0.6) is 0 Å². The largest absolute Gasteiger partial charge is 0.298 e. The van der Waals surface area contributed by atoms with Crippen molar-refractivity contribution in [1.82, 2.24) is 4.98 Å². The first-order valence-electron chi connectivity index (χ1n) is 15.9. The van der Waals surface area contributed by atoms with Gasteiger partial charge in [0.05, 0.1) is 11.4 Å². The van der Waals surface area contributed by atoms with Crippen molar-refractivity contribution in [2.45, 2.75) is 26.2 Å². The number of anilines is 1. The first kappa shape index (κ1) is 29.8. The Hall–Kier alpha value is -5.87. The van der Waals surface area contributed by atoms with Crippen LogP contribution in [0.4, 0.5) is 5.69 Å². The van der Waals surface area contributed by atoms with Crippen LogP contribution in [0.25, 0.3) is 39.0 Å². The summed E-state index contributed by atoms with van der Waals surface area (Å²) in [6, 6.07) is 46.4. The zero-order valence-electron chi connectivity index (χ0n) is 26.8. The Morgan fingerprint density at radius 1 is 0.574 bits per heavy atom. The summed E-state index contributed by atoms with van der Waals surface area (Å²) in [6.45, 7) is 6.67. The molecule has 1 aliphatic rings. The lowest BCUT2D eigenvalue weighted by Gasteiger charge is -2.25. The first-order valence-corrected chi connectivity index (χ1v) is 15.9. The molecule has 1 aliphatic carbocycles. The summed E-state index contributed by atoms with van der Waals surface area (Å²) in [5.41, 5.74) is 17.2. The molecule has 0 radical (unpaired) electrons. The molecule has 5 aromatic carbocycles. The van der Waals surface area contributed by atoms with Crippen LogP contribution in [0.3, 0.4) is 0 Å². The van der Waals surface area contributed by atoms with Crippen molar-refractivity contribution in [3.63, 3.8) is 0 Å². The second-order valence-corrected chi connectivity index (χ2v) is 12.9. The summed E-state index contributed by atoms with van der Waals surface area (Å²) in [5.74, 6) is 0. The molecule has 0 unspecified atom stereocenters.